The van der Waals surface area contributed by atoms with Crippen molar-refractivity contribution in [2.45, 2.75) is 89.0 Å². The number of hydrogen-bond donors (Lipinski definition) is 0. The molecule has 0 aromatic rings. The van der Waals surface area contributed by atoms with Crippen molar-refractivity contribution < 1.29 is 42.9 Å². The van der Waals surface area contributed by atoms with Crippen molar-refractivity contribution in [1.29, 1.82) is 0 Å². The number of rotatable bonds is 1. The Morgan fingerprint density at radius 3 is 2.28 bits per heavy atom. The lowest BCUT2D eigenvalue weighted by Gasteiger charge is -2.67. The third kappa shape index (κ3) is 1.82. The van der Waals surface area contributed by atoms with E-state index in [0.29, 0.717) is 24.0 Å². The summed E-state index contributed by atoms with van der Waals surface area (Å²) >= 11 is 0. The standard InChI is InChI=1S/C27H30O9/c1-13-23(8)18(33-16(4)28)26-14(2)24(10-9-17(29)34-21(24,5)6)12-11-22(26,7)25(13)19(30)32-15(3)27(25,36-26)20(31)35-23/h9-10,15,18H,1-2,11-12H2,3-8H3/t15-,18-,22-,23+,24+,25+,26+,27-/m1/s1. The van der Waals surface area contributed by atoms with Gasteiger partial charge in [0.2, 0.25) is 5.60 Å². The molecule has 192 valence electrons. The number of esters is 4. The van der Waals surface area contributed by atoms with Gasteiger partial charge in [0, 0.05) is 18.4 Å². The summed E-state index contributed by atoms with van der Waals surface area (Å²) in [5.74, 6) is -2.47. The second kappa shape index (κ2) is 5.96. The quantitative estimate of drug-likeness (QED) is 0.305. The first-order valence-corrected chi connectivity index (χ1v) is 12.2. The summed E-state index contributed by atoms with van der Waals surface area (Å²) in [4.78, 5) is 52.6. The Morgan fingerprint density at radius 1 is 1.00 bits per heavy atom. The average molecular weight is 499 g/mol. The van der Waals surface area contributed by atoms with E-state index in [4.69, 9.17) is 23.7 Å². The molecule has 9 heteroatoms. The third-order valence-corrected chi connectivity index (χ3v) is 10.4. The van der Waals surface area contributed by atoms with Crippen molar-refractivity contribution in [2.75, 3.05) is 0 Å². The molecule has 6 aliphatic rings. The fraction of sp³-hybridized carbons (Fsp3) is 0.630. The minimum Gasteiger partial charge on any atom is -0.458 e. The number of carbonyl (C=O) groups excluding carboxylic acids is 4. The Hall–Kier alpha value is -2.94. The number of cyclic esters (lactones) is 2. The van der Waals surface area contributed by atoms with E-state index >= 15 is 0 Å². The van der Waals surface area contributed by atoms with E-state index in [1.165, 1.54) is 13.0 Å². The van der Waals surface area contributed by atoms with Crippen LogP contribution in [-0.4, -0.2) is 58.5 Å². The Labute approximate surface area is 208 Å². The van der Waals surface area contributed by atoms with E-state index in [1.807, 2.05) is 6.92 Å². The molecule has 9 nitrogen and oxygen atoms in total. The highest BCUT2D eigenvalue weighted by Gasteiger charge is 2.99. The van der Waals surface area contributed by atoms with E-state index in [9.17, 15) is 19.2 Å². The van der Waals surface area contributed by atoms with Gasteiger partial charge in [0.25, 0.3) is 0 Å². The highest BCUT2D eigenvalue weighted by molar-refractivity contribution is 6.02. The summed E-state index contributed by atoms with van der Waals surface area (Å²) in [7, 11) is 0. The number of carbonyl (C=O) groups is 4. The van der Waals surface area contributed by atoms with Crippen molar-refractivity contribution in [3.8, 4) is 0 Å². The molecule has 0 aromatic carbocycles. The molecule has 3 saturated heterocycles. The minimum absolute atomic E-state index is 0.291. The molecule has 6 rings (SSSR count). The molecule has 5 fully saturated rings. The molecule has 4 heterocycles. The van der Waals surface area contributed by atoms with Crippen LogP contribution in [0.4, 0.5) is 0 Å². The summed E-state index contributed by atoms with van der Waals surface area (Å²) in [5.41, 5.74) is -9.02. The maximum absolute atomic E-state index is 13.9. The maximum atomic E-state index is 13.9. The van der Waals surface area contributed by atoms with Crippen molar-refractivity contribution in [2.24, 2.45) is 16.2 Å². The molecule has 0 N–H and O–H groups in total. The number of ether oxygens (including phenoxy) is 5. The Morgan fingerprint density at radius 2 is 1.67 bits per heavy atom. The SMILES string of the molecule is C=C1[C@@]23C(=O)O[C@H](C)[C@]24O[C@@]2(C(=C)[C@]5(C=CC(=O)OC5(C)C)CC[C@]32C)[C@H](OC(C)=O)[C@@]1(C)OC4=O. The normalized spacial score (nSPS) is 51.4. The zero-order valence-corrected chi connectivity index (χ0v) is 21.3. The van der Waals surface area contributed by atoms with Crippen LogP contribution >= 0.6 is 0 Å². The van der Waals surface area contributed by atoms with Gasteiger partial charge in [-0.2, -0.15) is 0 Å². The highest BCUT2D eigenvalue weighted by atomic mass is 16.7. The monoisotopic (exact) mass is 498 g/mol. The molecule has 0 aromatic heterocycles. The highest BCUT2D eigenvalue weighted by Crippen LogP contribution is 2.84. The van der Waals surface area contributed by atoms with Gasteiger partial charge in [-0.15, -0.1) is 0 Å². The topological polar surface area (TPSA) is 114 Å². The molecule has 36 heavy (non-hydrogen) atoms. The summed E-state index contributed by atoms with van der Waals surface area (Å²) in [6.07, 6.45) is 1.69. The van der Waals surface area contributed by atoms with Gasteiger partial charge in [0.05, 0.1) is 5.41 Å². The molecule has 0 unspecified atom stereocenters. The first kappa shape index (κ1) is 23.5. The second-order valence-electron chi connectivity index (χ2n) is 11.9. The van der Waals surface area contributed by atoms with Crippen LogP contribution in [0, 0.1) is 16.2 Å². The lowest BCUT2D eigenvalue weighted by molar-refractivity contribution is -0.239. The minimum atomic E-state index is -1.85. The van der Waals surface area contributed by atoms with Crippen LogP contribution in [-0.2, 0) is 42.9 Å². The van der Waals surface area contributed by atoms with Crippen molar-refractivity contribution in [1.82, 2.24) is 0 Å². The van der Waals surface area contributed by atoms with Crippen LogP contribution in [0.15, 0.2) is 36.5 Å². The van der Waals surface area contributed by atoms with Gasteiger partial charge in [0.1, 0.15) is 22.7 Å². The third-order valence-electron chi connectivity index (χ3n) is 10.4. The molecular weight excluding hydrogens is 468 g/mol. The van der Waals surface area contributed by atoms with E-state index in [0.717, 1.165) is 0 Å². The van der Waals surface area contributed by atoms with Gasteiger partial charge >= 0.3 is 23.9 Å². The van der Waals surface area contributed by atoms with Crippen LogP contribution in [0.3, 0.4) is 0 Å². The van der Waals surface area contributed by atoms with Crippen molar-refractivity contribution in [3.63, 3.8) is 0 Å². The molecule has 0 amide bonds. The zero-order valence-electron chi connectivity index (χ0n) is 21.3. The second-order valence-corrected chi connectivity index (χ2v) is 11.9. The predicted octanol–water partition coefficient (Wildman–Crippen LogP) is 2.48. The zero-order chi connectivity index (χ0) is 26.5. The smallest absolute Gasteiger partial charge is 0.345 e. The van der Waals surface area contributed by atoms with Crippen LogP contribution in [0.5, 0.6) is 0 Å². The maximum Gasteiger partial charge on any atom is 0.345 e. The summed E-state index contributed by atoms with van der Waals surface area (Å²) in [6, 6.07) is 0. The van der Waals surface area contributed by atoms with Crippen LogP contribution < -0.4 is 0 Å². The first-order chi connectivity index (χ1) is 16.5. The van der Waals surface area contributed by atoms with Gasteiger partial charge in [-0.3, -0.25) is 9.59 Å². The van der Waals surface area contributed by atoms with Gasteiger partial charge in [-0.25, -0.2) is 9.59 Å². The summed E-state index contributed by atoms with van der Waals surface area (Å²) < 4.78 is 30.4. The van der Waals surface area contributed by atoms with Crippen molar-refractivity contribution in [3.05, 3.63) is 36.5 Å². The van der Waals surface area contributed by atoms with Gasteiger partial charge in [0.15, 0.2) is 11.7 Å². The molecule has 2 saturated carbocycles. The van der Waals surface area contributed by atoms with Gasteiger partial charge < -0.3 is 23.7 Å². The molecule has 3 bridgehead atoms. The fourth-order valence-corrected chi connectivity index (χ4v) is 8.77. The lowest BCUT2D eigenvalue weighted by atomic mass is 9.35. The largest absolute Gasteiger partial charge is 0.458 e. The van der Waals surface area contributed by atoms with Crippen LogP contribution in [0.25, 0.3) is 0 Å². The Balaban J connectivity index is 1.74. The summed E-state index contributed by atoms with van der Waals surface area (Å²) in [5, 5.41) is 0. The van der Waals surface area contributed by atoms with E-state index in [2.05, 4.69) is 13.2 Å². The van der Waals surface area contributed by atoms with Crippen molar-refractivity contribution >= 4 is 23.9 Å². The van der Waals surface area contributed by atoms with E-state index in [1.54, 1.807) is 33.8 Å². The molecule has 8 atom stereocenters. The number of hydrogen-bond acceptors (Lipinski definition) is 9. The number of fused-ring (bicyclic) bond motifs is 1. The van der Waals surface area contributed by atoms with Gasteiger partial charge in [-0.05, 0) is 51.7 Å². The molecule has 0 radical (unpaired) electrons. The molecule has 2 spiro atoms. The predicted molar refractivity (Wildman–Crippen MR) is 122 cm³/mol. The average Bonchev–Trinajstić information content (AvgIpc) is 3.07. The van der Waals surface area contributed by atoms with E-state index < -0.39 is 74.7 Å². The first-order valence-electron chi connectivity index (χ1n) is 12.2. The van der Waals surface area contributed by atoms with Crippen LogP contribution in [0.2, 0.25) is 0 Å². The Kier molecular flexibility index (Phi) is 3.88. The van der Waals surface area contributed by atoms with Crippen LogP contribution in [0.1, 0.15) is 54.4 Å². The molecule has 2 aliphatic carbocycles. The van der Waals surface area contributed by atoms with Gasteiger partial charge in [-0.1, -0.05) is 26.2 Å². The summed E-state index contributed by atoms with van der Waals surface area (Å²) in [6.45, 7) is 18.7. The fourth-order valence-electron chi connectivity index (χ4n) is 8.77. The lowest BCUT2D eigenvalue weighted by Crippen LogP contribution is -2.79. The van der Waals surface area contributed by atoms with E-state index in [-0.39, 0.29) is 0 Å². The molecule has 4 aliphatic heterocycles. The Bertz CT molecular complexity index is 1260. The molecular formula is C27H30O9.